The molecule has 26 heavy (non-hydrogen) atoms. The van der Waals surface area contributed by atoms with E-state index < -0.39 is 25.9 Å². The molecule has 1 aliphatic heterocycles. The highest BCUT2D eigenvalue weighted by Crippen LogP contribution is 2.28. The van der Waals surface area contributed by atoms with Crippen LogP contribution >= 0.6 is 0 Å². The van der Waals surface area contributed by atoms with Gasteiger partial charge >= 0.3 is 0 Å². The molecule has 0 bridgehead atoms. The molecule has 1 atom stereocenters. The number of benzene rings is 1. The number of sulfone groups is 1. The molecule has 1 aromatic rings. The van der Waals surface area contributed by atoms with Crippen LogP contribution in [0, 0.1) is 6.92 Å². The van der Waals surface area contributed by atoms with Gasteiger partial charge in [0.05, 0.1) is 23.0 Å². The van der Waals surface area contributed by atoms with Crippen molar-refractivity contribution in [2.75, 3.05) is 38.4 Å². The molecular weight excluding hydrogens is 378 g/mol. The van der Waals surface area contributed by atoms with Gasteiger partial charge in [-0.3, -0.25) is 0 Å². The van der Waals surface area contributed by atoms with Gasteiger partial charge in [0.25, 0.3) is 0 Å². The van der Waals surface area contributed by atoms with E-state index in [1.807, 2.05) is 6.92 Å². The van der Waals surface area contributed by atoms with Gasteiger partial charge in [0.2, 0.25) is 10.0 Å². The molecule has 0 amide bonds. The van der Waals surface area contributed by atoms with E-state index in [4.69, 9.17) is 9.47 Å². The van der Waals surface area contributed by atoms with Crippen LogP contribution in [-0.4, -0.2) is 65.6 Å². The fourth-order valence-electron chi connectivity index (χ4n) is 3.04. The molecule has 2 rings (SSSR count). The number of hydrogen-bond donors (Lipinski definition) is 0. The summed E-state index contributed by atoms with van der Waals surface area (Å²) in [6.07, 6.45) is 0.964. The summed E-state index contributed by atoms with van der Waals surface area (Å²) in [6.45, 7) is 4.79. The summed E-state index contributed by atoms with van der Waals surface area (Å²) in [4.78, 5) is 0.159. The number of sulfonamides is 1. The topological polar surface area (TPSA) is 90.0 Å². The third kappa shape index (κ3) is 4.97. The predicted octanol–water partition coefficient (Wildman–Crippen LogP) is 1.61. The average molecular weight is 406 g/mol. The lowest BCUT2D eigenvalue weighted by atomic mass is 10.2. The highest BCUT2D eigenvalue weighted by atomic mass is 32.2. The van der Waals surface area contributed by atoms with Gasteiger partial charge in [-0.25, -0.2) is 16.8 Å². The number of rotatable bonds is 9. The molecule has 1 heterocycles. The zero-order chi connectivity index (χ0) is 19.4. The number of methoxy groups -OCH3 is 1. The van der Waals surface area contributed by atoms with E-state index in [2.05, 4.69) is 0 Å². The van der Waals surface area contributed by atoms with Gasteiger partial charge in [-0.05, 0) is 43.5 Å². The summed E-state index contributed by atoms with van der Waals surface area (Å²) in [7, 11) is -5.36. The van der Waals surface area contributed by atoms with Crippen LogP contribution in [0.5, 0.6) is 5.75 Å². The minimum Gasteiger partial charge on any atom is -0.491 e. The van der Waals surface area contributed by atoms with Crippen LogP contribution in [0.25, 0.3) is 0 Å². The van der Waals surface area contributed by atoms with E-state index in [0.29, 0.717) is 43.9 Å². The monoisotopic (exact) mass is 405 g/mol. The van der Waals surface area contributed by atoms with Crippen molar-refractivity contribution in [3.05, 3.63) is 23.8 Å². The van der Waals surface area contributed by atoms with Crippen LogP contribution in [0.3, 0.4) is 0 Å². The van der Waals surface area contributed by atoms with Gasteiger partial charge < -0.3 is 9.47 Å². The van der Waals surface area contributed by atoms with Gasteiger partial charge in [0.1, 0.15) is 12.4 Å². The molecule has 1 aliphatic rings. The maximum atomic E-state index is 13.1. The largest absolute Gasteiger partial charge is 0.491 e. The van der Waals surface area contributed by atoms with Crippen molar-refractivity contribution in [3.63, 3.8) is 0 Å². The van der Waals surface area contributed by atoms with Crippen LogP contribution < -0.4 is 4.74 Å². The fourth-order valence-corrected chi connectivity index (χ4v) is 6.69. The molecule has 1 fully saturated rings. The summed E-state index contributed by atoms with van der Waals surface area (Å²) in [5.41, 5.74) is 0.706. The first kappa shape index (κ1) is 21.1. The smallest absolute Gasteiger partial charge is 0.243 e. The van der Waals surface area contributed by atoms with Gasteiger partial charge in [0, 0.05) is 19.7 Å². The van der Waals surface area contributed by atoms with Crippen molar-refractivity contribution >= 4 is 19.9 Å². The Morgan fingerprint density at radius 2 is 2.00 bits per heavy atom. The number of hydrogen-bond acceptors (Lipinski definition) is 6. The van der Waals surface area contributed by atoms with Gasteiger partial charge in [-0.15, -0.1) is 0 Å². The summed E-state index contributed by atoms with van der Waals surface area (Å²) >= 11 is 0. The number of aryl methyl sites for hydroxylation is 1. The van der Waals surface area contributed by atoms with E-state index in [9.17, 15) is 16.8 Å². The minimum atomic E-state index is -3.77. The van der Waals surface area contributed by atoms with Gasteiger partial charge in [-0.2, -0.15) is 4.31 Å². The van der Waals surface area contributed by atoms with E-state index in [-0.39, 0.29) is 16.4 Å². The zero-order valence-corrected chi connectivity index (χ0v) is 17.1. The first-order chi connectivity index (χ1) is 12.2. The lowest BCUT2D eigenvalue weighted by molar-refractivity contribution is 0.146. The Morgan fingerprint density at radius 1 is 1.27 bits per heavy atom. The summed E-state index contributed by atoms with van der Waals surface area (Å²) in [5, 5.41) is 0. The van der Waals surface area contributed by atoms with E-state index >= 15 is 0 Å². The van der Waals surface area contributed by atoms with E-state index in [0.717, 1.165) is 0 Å². The molecule has 1 saturated heterocycles. The Morgan fingerprint density at radius 3 is 2.54 bits per heavy atom. The molecular formula is C17H27NO6S2. The second kappa shape index (κ2) is 8.69. The quantitative estimate of drug-likeness (QED) is 0.580. The minimum absolute atomic E-state index is 0.0404. The number of nitrogens with zero attached hydrogens (tertiary/aromatic N) is 1. The normalized spacial score (nSPS) is 19.8. The standard InChI is InChI=1S/C17H27NO6S2/c1-4-8-18(15-7-11-25(19,20)13-15)26(21,22)16-5-6-17(14(2)12-16)24-10-9-23-3/h5-6,12,15H,4,7-11,13H2,1-3H3. The molecule has 0 radical (unpaired) electrons. The van der Waals surface area contributed by atoms with Crippen molar-refractivity contribution in [1.29, 1.82) is 0 Å². The fraction of sp³-hybridized carbons (Fsp3) is 0.647. The summed E-state index contributed by atoms with van der Waals surface area (Å²) in [6, 6.07) is 4.22. The molecule has 7 nitrogen and oxygen atoms in total. The van der Waals surface area contributed by atoms with Crippen molar-refractivity contribution in [2.24, 2.45) is 0 Å². The van der Waals surface area contributed by atoms with Crippen LogP contribution in [0.2, 0.25) is 0 Å². The molecule has 148 valence electrons. The second-order valence-corrected chi connectivity index (χ2v) is 10.6. The lowest BCUT2D eigenvalue weighted by Crippen LogP contribution is -2.41. The van der Waals surface area contributed by atoms with Crippen LogP contribution in [0.15, 0.2) is 23.1 Å². The van der Waals surface area contributed by atoms with Crippen LogP contribution in [-0.2, 0) is 24.6 Å². The second-order valence-electron chi connectivity index (χ2n) is 6.44. The van der Waals surface area contributed by atoms with Crippen molar-refractivity contribution in [2.45, 2.75) is 37.6 Å². The number of ether oxygens (including phenoxy) is 2. The summed E-state index contributed by atoms with van der Waals surface area (Å²) < 4.78 is 61.7. The first-order valence-corrected chi connectivity index (χ1v) is 11.9. The first-order valence-electron chi connectivity index (χ1n) is 8.66. The van der Waals surface area contributed by atoms with Crippen molar-refractivity contribution in [3.8, 4) is 5.75 Å². The third-order valence-corrected chi connectivity index (χ3v) is 8.06. The Balaban J connectivity index is 2.27. The Labute approximate surface area is 156 Å². The van der Waals surface area contributed by atoms with E-state index in [1.165, 1.54) is 10.4 Å². The highest BCUT2D eigenvalue weighted by Gasteiger charge is 2.38. The summed E-state index contributed by atoms with van der Waals surface area (Å²) in [5.74, 6) is 0.536. The maximum Gasteiger partial charge on any atom is 0.243 e. The molecule has 0 aromatic heterocycles. The average Bonchev–Trinajstić information content (AvgIpc) is 2.93. The van der Waals surface area contributed by atoms with Gasteiger partial charge in [0.15, 0.2) is 9.84 Å². The maximum absolute atomic E-state index is 13.1. The molecule has 1 unspecified atom stereocenters. The lowest BCUT2D eigenvalue weighted by Gasteiger charge is -2.27. The SMILES string of the molecule is CCCN(C1CCS(=O)(=O)C1)S(=O)(=O)c1ccc(OCCOC)c(C)c1. The Kier molecular flexibility index (Phi) is 7.06. The Hall–Kier alpha value is -1.16. The van der Waals surface area contributed by atoms with Gasteiger partial charge in [-0.1, -0.05) is 6.92 Å². The van der Waals surface area contributed by atoms with E-state index in [1.54, 1.807) is 26.2 Å². The molecule has 0 N–H and O–H groups in total. The highest BCUT2D eigenvalue weighted by molar-refractivity contribution is 7.92. The van der Waals surface area contributed by atoms with Crippen LogP contribution in [0.1, 0.15) is 25.3 Å². The molecule has 9 heteroatoms. The molecule has 0 aliphatic carbocycles. The van der Waals surface area contributed by atoms with Crippen LogP contribution in [0.4, 0.5) is 0 Å². The Bertz CT molecular complexity index is 820. The zero-order valence-electron chi connectivity index (χ0n) is 15.5. The molecule has 0 saturated carbocycles. The van der Waals surface area contributed by atoms with Crippen molar-refractivity contribution in [1.82, 2.24) is 4.31 Å². The molecule has 0 spiro atoms. The van der Waals surface area contributed by atoms with Crippen molar-refractivity contribution < 1.29 is 26.3 Å². The predicted molar refractivity (Wildman–Crippen MR) is 99.8 cm³/mol. The third-order valence-electron chi connectivity index (χ3n) is 4.36. The molecule has 1 aromatic carbocycles.